The van der Waals surface area contributed by atoms with Crippen molar-refractivity contribution in [2.24, 2.45) is 0 Å². The van der Waals surface area contributed by atoms with Gasteiger partial charge in [-0.2, -0.15) is 4.98 Å². The van der Waals surface area contributed by atoms with Crippen LogP contribution >= 0.6 is 15.9 Å². The molecule has 0 atom stereocenters. The lowest BCUT2D eigenvalue weighted by molar-refractivity contribution is 0.826. The van der Waals surface area contributed by atoms with Gasteiger partial charge in [0, 0.05) is 12.7 Å². The van der Waals surface area contributed by atoms with Gasteiger partial charge in [0.1, 0.15) is 5.82 Å². The molecule has 0 unspecified atom stereocenters. The van der Waals surface area contributed by atoms with Crippen LogP contribution in [0.15, 0.2) is 10.7 Å². The van der Waals surface area contributed by atoms with Gasteiger partial charge in [0.25, 0.3) is 0 Å². The Balaban J connectivity index is 2.53. The minimum atomic E-state index is 0.467. The van der Waals surface area contributed by atoms with Crippen LogP contribution in [0, 0.1) is 0 Å². The molecular formula is C8H13BrN4. The molecule has 1 aromatic rings. The van der Waals surface area contributed by atoms with Crippen molar-refractivity contribution in [1.82, 2.24) is 9.97 Å². The van der Waals surface area contributed by atoms with E-state index in [0.29, 0.717) is 11.8 Å². The highest BCUT2D eigenvalue weighted by atomic mass is 79.9. The second-order valence-corrected chi connectivity index (χ2v) is 3.56. The van der Waals surface area contributed by atoms with Crippen LogP contribution in [-0.2, 0) is 0 Å². The predicted molar refractivity (Wildman–Crippen MR) is 57.5 cm³/mol. The Morgan fingerprint density at radius 3 is 3.00 bits per heavy atom. The summed E-state index contributed by atoms with van der Waals surface area (Å²) in [5, 5.41) is 3.09. The molecule has 4 nitrogen and oxygen atoms in total. The summed E-state index contributed by atoms with van der Waals surface area (Å²) in [7, 11) is 0. The second-order valence-electron chi connectivity index (χ2n) is 2.71. The van der Waals surface area contributed by atoms with Crippen LogP contribution in [0.4, 0.5) is 11.8 Å². The molecule has 3 N–H and O–H groups in total. The van der Waals surface area contributed by atoms with Gasteiger partial charge in [-0.05, 0) is 22.4 Å². The number of unbranched alkanes of at least 4 members (excludes halogenated alkanes) is 1. The molecule has 72 valence electrons. The zero-order chi connectivity index (χ0) is 9.68. The van der Waals surface area contributed by atoms with E-state index in [1.807, 2.05) is 0 Å². The normalized spacial score (nSPS) is 10.0. The van der Waals surface area contributed by atoms with Gasteiger partial charge in [0.2, 0.25) is 5.95 Å². The molecule has 0 fully saturated rings. The fourth-order valence-corrected chi connectivity index (χ4v) is 1.03. The zero-order valence-electron chi connectivity index (χ0n) is 7.55. The van der Waals surface area contributed by atoms with Gasteiger partial charge in [0.15, 0.2) is 0 Å². The molecule has 0 amide bonds. The average Bonchev–Trinajstić information content (AvgIpc) is 2.12. The molecule has 0 saturated carbocycles. The van der Waals surface area contributed by atoms with Crippen LogP contribution < -0.4 is 11.1 Å². The Kier molecular flexibility index (Phi) is 3.95. The van der Waals surface area contributed by atoms with E-state index in [2.05, 4.69) is 38.1 Å². The van der Waals surface area contributed by atoms with Crippen molar-refractivity contribution in [2.75, 3.05) is 17.6 Å². The van der Waals surface area contributed by atoms with Crippen LogP contribution in [0.2, 0.25) is 0 Å². The summed E-state index contributed by atoms with van der Waals surface area (Å²) in [4.78, 5) is 8.12. The van der Waals surface area contributed by atoms with Crippen LogP contribution in [0.25, 0.3) is 0 Å². The SMILES string of the molecule is CCCCNc1ncc(Br)c(N)n1. The summed E-state index contributed by atoms with van der Waals surface area (Å²) >= 11 is 3.23. The molecule has 1 aromatic heterocycles. The smallest absolute Gasteiger partial charge is 0.224 e. The highest BCUT2D eigenvalue weighted by Gasteiger charge is 1.99. The molecule has 0 aromatic carbocycles. The van der Waals surface area contributed by atoms with E-state index in [1.54, 1.807) is 6.20 Å². The van der Waals surface area contributed by atoms with Gasteiger partial charge in [-0.25, -0.2) is 4.98 Å². The van der Waals surface area contributed by atoms with Crippen molar-refractivity contribution in [3.8, 4) is 0 Å². The number of aromatic nitrogens is 2. The summed E-state index contributed by atoms with van der Waals surface area (Å²) in [5.41, 5.74) is 5.59. The van der Waals surface area contributed by atoms with Gasteiger partial charge < -0.3 is 11.1 Å². The van der Waals surface area contributed by atoms with E-state index in [1.165, 1.54) is 0 Å². The number of rotatable bonds is 4. The summed E-state index contributed by atoms with van der Waals surface area (Å²) in [6.45, 7) is 3.02. The third-order valence-electron chi connectivity index (χ3n) is 1.58. The third-order valence-corrected chi connectivity index (χ3v) is 2.20. The molecule has 0 aliphatic heterocycles. The van der Waals surface area contributed by atoms with E-state index >= 15 is 0 Å². The Morgan fingerprint density at radius 1 is 1.62 bits per heavy atom. The molecule has 0 saturated heterocycles. The van der Waals surface area contributed by atoms with Gasteiger partial charge in [-0.1, -0.05) is 13.3 Å². The van der Waals surface area contributed by atoms with Crippen molar-refractivity contribution in [1.29, 1.82) is 0 Å². The molecule has 0 spiro atoms. The molecule has 0 radical (unpaired) electrons. The quantitative estimate of drug-likeness (QED) is 0.796. The number of nitrogen functional groups attached to an aromatic ring is 1. The second kappa shape index (κ2) is 5.01. The van der Waals surface area contributed by atoms with Gasteiger partial charge in [-0.3, -0.25) is 0 Å². The Hall–Kier alpha value is -0.840. The molecule has 1 heterocycles. The van der Waals surface area contributed by atoms with E-state index in [4.69, 9.17) is 5.73 Å². The summed E-state index contributed by atoms with van der Waals surface area (Å²) in [5.74, 6) is 1.06. The van der Waals surface area contributed by atoms with E-state index in [9.17, 15) is 0 Å². The Morgan fingerprint density at radius 2 is 2.38 bits per heavy atom. The standard InChI is InChI=1S/C8H13BrN4/c1-2-3-4-11-8-12-5-6(9)7(10)13-8/h5H,2-4H2,1H3,(H3,10,11,12,13). The lowest BCUT2D eigenvalue weighted by atomic mass is 10.3. The van der Waals surface area contributed by atoms with E-state index in [-0.39, 0.29) is 0 Å². The number of nitrogens with two attached hydrogens (primary N) is 1. The lowest BCUT2D eigenvalue weighted by Gasteiger charge is -2.04. The zero-order valence-corrected chi connectivity index (χ0v) is 9.13. The highest BCUT2D eigenvalue weighted by molar-refractivity contribution is 9.10. The van der Waals surface area contributed by atoms with Crippen molar-refractivity contribution in [2.45, 2.75) is 19.8 Å². The first-order valence-corrected chi connectivity index (χ1v) is 5.05. The molecule has 1 rings (SSSR count). The topological polar surface area (TPSA) is 63.8 Å². The number of halogens is 1. The summed E-state index contributed by atoms with van der Waals surface area (Å²) < 4.78 is 0.730. The number of nitrogens with zero attached hydrogens (tertiary/aromatic N) is 2. The molecule has 13 heavy (non-hydrogen) atoms. The Labute approximate surface area is 86.1 Å². The van der Waals surface area contributed by atoms with Crippen LogP contribution in [0.3, 0.4) is 0 Å². The van der Waals surface area contributed by atoms with Gasteiger partial charge in [0.05, 0.1) is 4.47 Å². The number of nitrogens with one attached hydrogen (secondary N) is 1. The molecule has 0 aliphatic rings. The van der Waals surface area contributed by atoms with Crippen molar-refractivity contribution < 1.29 is 0 Å². The first-order valence-electron chi connectivity index (χ1n) is 4.26. The van der Waals surface area contributed by atoms with Crippen molar-refractivity contribution in [3.63, 3.8) is 0 Å². The van der Waals surface area contributed by atoms with Gasteiger partial charge >= 0.3 is 0 Å². The summed E-state index contributed by atoms with van der Waals surface area (Å²) in [6, 6.07) is 0. The molecular weight excluding hydrogens is 232 g/mol. The minimum absolute atomic E-state index is 0.467. The monoisotopic (exact) mass is 244 g/mol. The maximum atomic E-state index is 5.59. The third kappa shape index (κ3) is 3.18. The summed E-state index contributed by atoms with van der Waals surface area (Å²) in [6.07, 6.45) is 3.91. The first-order chi connectivity index (χ1) is 6.24. The maximum absolute atomic E-state index is 5.59. The largest absolute Gasteiger partial charge is 0.383 e. The molecule has 5 heteroatoms. The Bertz CT molecular complexity index is 277. The van der Waals surface area contributed by atoms with E-state index in [0.717, 1.165) is 23.9 Å². The number of hydrogen-bond acceptors (Lipinski definition) is 4. The number of hydrogen-bond donors (Lipinski definition) is 2. The van der Waals surface area contributed by atoms with Gasteiger partial charge in [-0.15, -0.1) is 0 Å². The van der Waals surface area contributed by atoms with Crippen LogP contribution in [0.5, 0.6) is 0 Å². The fraction of sp³-hybridized carbons (Fsp3) is 0.500. The van der Waals surface area contributed by atoms with Crippen molar-refractivity contribution in [3.05, 3.63) is 10.7 Å². The van der Waals surface area contributed by atoms with Crippen molar-refractivity contribution >= 4 is 27.7 Å². The van der Waals surface area contributed by atoms with Crippen LogP contribution in [0.1, 0.15) is 19.8 Å². The highest BCUT2D eigenvalue weighted by Crippen LogP contribution is 2.16. The van der Waals surface area contributed by atoms with Crippen LogP contribution in [-0.4, -0.2) is 16.5 Å². The predicted octanol–water partition coefficient (Wildman–Crippen LogP) is 2.03. The lowest BCUT2D eigenvalue weighted by Crippen LogP contribution is -2.06. The minimum Gasteiger partial charge on any atom is -0.383 e. The van der Waals surface area contributed by atoms with E-state index < -0.39 is 0 Å². The molecule has 0 aliphatic carbocycles. The first kappa shape index (κ1) is 10.2. The number of anilines is 2. The molecule has 0 bridgehead atoms. The maximum Gasteiger partial charge on any atom is 0.224 e. The fourth-order valence-electron chi connectivity index (χ4n) is 0.842. The average molecular weight is 245 g/mol.